The average molecular weight is 329 g/mol. The third-order valence-corrected chi connectivity index (χ3v) is 4.99. The summed E-state index contributed by atoms with van der Waals surface area (Å²) in [6, 6.07) is 4.85. The Morgan fingerprint density at radius 1 is 1.38 bits per heavy atom. The lowest BCUT2D eigenvalue weighted by Gasteiger charge is -2.26. The zero-order chi connectivity index (χ0) is 16.8. The van der Waals surface area contributed by atoms with Crippen molar-refractivity contribution in [2.75, 3.05) is 17.6 Å². The predicted octanol–water partition coefficient (Wildman–Crippen LogP) is 1.66. The van der Waals surface area contributed by atoms with Crippen molar-refractivity contribution in [3.8, 4) is 0 Å². The molecule has 1 aromatic carbocycles. The fourth-order valence-corrected chi connectivity index (χ4v) is 3.71. The maximum atomic E-state index is 14.0. The van der Waals surface area contributed by atoms with Crippen LogP contribution in [0.4, 0.5) is 15.9 Å². The highest BCUT2D eigenvalue weighted by Crippen LogP contribution is 2.35. The Balaban J connectivity index is 1.73. The Kier molecular flexibility index (Phi) is 3.53. The molecule has 5 N–H and O–H groups in total. The molecule has 4 rings (SSSR count). The molecule has 0 bridgehead atoms. The number of carbonyl (C=O) groups is 1. The molecule has 6 nitrogen and oxygen atoms in total. The summed E-state index contributed by atoms with van der Waals surface area (Å²) < 4.78 is 15.3. The molecular formula is C17H20FN5O. The lowest BCUT2D eigenvalue weighted by molar-refractivity contribution is 0.0859. The molecule has 0 fully saturated rings. The monoisotopic (exact) mass is 329 g/mol. The van der Waals surface area contributed by atoms with E-state index in [0.717, 1.165) is 24.1 Å². The number of nitrogens with two attached hydrogens (primary N) is 2. The van der Waals surface area contributed by atoms with Gasteiger partial charge >= 0.3 is 0 Å². The van der Waals surface area contributed by atoms with Crippen LogP contribution in [0, 0.1) is 5.82 Å². The summed E-state index contributed by atoms with van der Waals surface area (Å²) in [5.74, 6) is -0.622. The van der Waals surface area contributed by atoms with Crippen molar-refractivity contribution in [3.63, 3.8) is 0 Å². The van der Waals surface area contributed by atoms with Gasteiger partial charge in [-0.15, -0.1) is 0 Å². The van der Waals surface area contributed by atoms with Crippen LogP contribution in [0.1, 0.15) is 40.4 Å². The number of nitrogen functional groups attached to an aromatic ring is 1. The van der Waals surface area contributed by atoms with Crippen molar-refractivity contribution in [1.82, 2.24) is 9.78 Å². The zero-order valence-corrected chi connectivity index (χ0v) is 13.3. The molecule has 1 unspecified atom stereocenters. The van der Waals surface area contributed by atoms with E-state index >= 15 is 0 Å². The Morgan fingerprint density at radius 2 is 2.21 bits per heavy atom. The van der Waals surface area contributed by atoms with Gasteiger partial charge in [0, 0.05) is 18.2 Å². The third kappa shape index (κ3) is 2.27. The first-order valence-corrected chi connectivity index (χ1v) is 8.24. The van der Waals surface area contributed by atoms with Crippen LogP contribution in [0.15, 0.2) is 18.2 Å². The molecule has 0 radical (unpaired) electrons. The molecule has 24 heavy (non-hydrogen) atoms. The predicted molar refractivity (Wildman–Crippen MR) is 89.5 cm³/mol. The number of hydrogen-bond acceptors (Lipinski definition) is 5. The van der Waals surface area contributed by atoms with Crippen LogP contribution in [0.25, 0.3) is 0 Å². The number of halogens is 1. The van der Waals surface area contributed by atoms with Gasteiger partial charge in [0.25, 0.3) is 5.91 Å². The van der Waals surface area contributed by atoms with Crippen LogP contribution in [0.3, 0.4) is 0 Å². The smallest absolute Gasteiger partial charge is 0.256 e. The van der Waals surface area contributed by atoms with Crippen LogP contribution >= 0.6 is 0 Å². The number of aryl methyl sites for hydroxylation is 1. The normalized spacial score (nSPS) is 22.4. The second kappa shape index (κ2) is 5.59. The minimum absolute atomic E-state index is 0.0567. The third-order valence-electron chi connectivity index (χ3n) is 4.99. The summed E-state index contributed by atoms with van der Waals surface area (Å²) in [4.78, 5) is 13.0. The van der Waals surface area contributed by atoms with Gasteiger partial charge in [-0.1, -0.05) is 12.1 Å². The highest BCUT2D eigenvalue weighted by molar-refractivity contribution is 5.90. The minimum atomic E-state index is -0.450. The van der Waals surface area contributed by atoms with Crippen LogP contribution in [0.5, 0.6) is 0 Å². The van der Waals surface area contributed by atoms with Crippen LogP contribution in [0.2, 0.25) is 0 Å². The number of nitrogens with one attached hydrogen (secondary N) is 1. The number of rotatable bonds is 1. The second-order valence-corrected chi connectivity index (χ2v) is 6.54. The number of fused-ring (bicyclic) bond motifs is 2. The average Bonchev–Trinajstić information content (AvgIpc) is 2.91. The second-order valence-electron chi connectivity index (χ2n) is 6.54. The SMILES string of the molecule is Nc1c2c(nn1C(=O)C1CCNc3c(F)cccc31)CC[C@@H](N)C2. The number of hydrogen-bond donors (Lipinski definition) is 3. The van der Waals surface area contributed by atoms with Gasteiger partial charge in [-0.25, -0.2) is 4.39 Å². The first kappa shape index (κ1) is 15.1. The maximum absolute atomic E-state index is 14.0. The van der Waals surface area contributed by atoms with E-state index in [2.05, 4.69) is 10.4 Å². The fraction of sp³-hybridized carbons (Fsp3) is 0.412. The van der Waals surface area contributed by atoms with Crippen LogP contribution in [-0.4, -0.2) is 28.3 Å². The lowest BCUT2D eigenvalue weighted by atomic mass is 9.90. The van der Waals surface area contributed by atoms with E-state index in [4.69, 9.17) is 11.5 Å². The summed E-state index contributed by atoms with van der Waals surface area (Å²) >= 11 is 0. The summed E-state index contributed by atoms with van der Waals surface area (Å²) in [6.45, 7) is 0.538. The molecular weight excluding hydrogens is 309 g/mol. The summed E-state index contributed by atoms with van der Waals surface area (Å²) in [6.07, 6.45) is 2.81. The van der Waals surface area contributed by atoms with Gasteiger partial charge in [-0.2, -0.15) is 9.78 Å². The molecule has 1 aliphatic carbocycles. The van der Waals surface area contributed by atoms with Gasteiger partial charge in [0.1, 0.15) is 11.6 Å². The van der Waals surface area contributed by atoms with Gasteiger partial charge in [0.05, 0.1) is 17.3 Å². The Bertz CT molecular complexity index is 816. The molecule has 2 atom stereocenters. The van der Waals surface area contributed by atoms with Gasteiger partial charge < -0.3 is 16.8 Å². The summed E-state index contributed by atoms with van der Waals surface area (Å²) in [5, 5.41) is 7.46. The molecule has 126 valence electrons. The molecule has 0 spiro atoms. The number of aromatic nitrogens is 2. The Hall–Kier alpha value is -2.41. The van der Waals surface area contributed by atoms with Crippen molar-refractivity contribution in [2.45, 2.75) is 37.6 Å². The topological polar surface area (TPSA) is 99.0 Å². The maximum Gasteiger partial charge on any atom is 0.256 e. The highest BCUT2D eigenvalue weighted by atomic mass is 19.1. The molecule has 0 saturated heterocycles. The van der Waals surface area contributed by atoms with Crippen LogP contribution < -0.4 is 16.8 Å². The van der Waals surface area contributed by atoms with Crippen molar-refractivity contribution in [2.24, 2.45) is 5.73 Å². The molecule has 2 heterocycles. The van der Waals surface area contributed by atoms with E-state index in [-0.39, 0.29) is 17.8 Å². The number of benzene rings is 1. The molecule has 7 heteroatoms. The quantitative estimate of drug-likeness (QED) is 0.739. The van der Waals surface area contributed by atoms with Crippen molar-refractivity contribution >= 4 is 17.4 Å². The standard InChI is InChI=1S/C17H20FN5O/c18-13-3-1-2-10-11(6-7-21-15(10)13)17(24)23-16(20)12-8-9(19)4-5-14(12)22-23/h1-3,9,11,21H,4-8,19-20H2/t9-,11?/m1/s1. The van der Waals surface area contributed by atoms with Crippen molar-refractivity contribution in [1.29, 1.82) is 0 Å². The molecule has 1 aromatic heterocycles. The molecule has 0 saturated carbocycles. The summed E-state index contributed by atoms with van der Waals surface area (Å²) in [5.41, 5.74) is 15.0. The van der Waals surface area contributed by atoms with Crippen LogP contribution in [-0.2, 0) is 12.8 Å². The largest absolute Gasteiger partial charge is 0.383 e. The zero-order valence-electron chi connectivity index (χ0n) is 13.3. The van der Waals surface area contributed by atoms with Gasteiger partial charge in [-0.3, -0.25) is 4.79 Å². The van der Waals surface area contributed by atoms with E-state index in [1.54, 1.807) is 12.1 Å². The van der Waals surface area contributed by atoms with Crippen molar-refractivity contribution < 1.29 is 9.18 Å². The van der Waals surface area contributed by atoms with Crippen molar-refractivity contribution in [3.05, 3.63) is 40.8 Å². The number of carbonyl (C=O) groups excluding carboxylic acids is 1. The molecule has 2 aromatic rings. The van der Waals surface area contributed by atoms with Gasteiger partial charge in [0.2, 0.25) is 0 Å². The van der Waals surface area contributed by atoms with Gasteiger partial charge in [-0.05, 0) is 37.3 Å². The molecule has 1 aliphatic heterocycles. The van der Waals surface area contributed by atoms with Gasteiger partial charge in [0.15, 0.2) is 0 Å². The summed E-state index contributed by atoms with van der Waals surface area (Å²) in [7, 11) is 0. The highest BCUT2D eigenvalue weighted by Gasteiger charge is 2.32. The van der Waals surface area contributed by atoms with E-state index in [1.807, 2.05) is 0 Å². The number of anilines is 2. The fourth-order valence-electron chi connectivity index (χ4n) is 3.71. The first-order valence-electron chi connectivity index (χ1n) is 8.24. The lowest BCUT2D eigenvalue weighted by Crippen LogP contribution is -2.29. The van der Waals surface area contributed by atoms with E-state index in [0.29, 0.717) is 36.5 Å². The first-order chi connectivity index (χ1) is 11.6. The molecule has 2 aliphatic rings. The van der Waals surface area contributed by atoms with E-state index < -0.39 is 5.92 Å². The Morgan fingerprint density at radius 3 is 3.04 bits per heavy atom. The Labute approximate surface area is 139 Å². The van der Waals surface area contributed by atoms with E-state index in [1.165, 1.54) is 10.7 Å². The minimum Gasteiger partial charge on any atom is -0.383 e. The molecule has 0 amide bonds. The van der Waals surface area contributed by atoms with E-state index in [9.17, 15) is 9.18 Å². The number of nitrogens with zero attached hydrogens (tertiary/aromatic N) is 2. The number of para-hydroxylation sites is 1.